The van der Waals surface area contributed by atoms with Crippen LogP contribution in [0.4, 0.5) is 0 Å². The van der Waals surface area contributed by atoms with E-state index in [0.717, 1.165) is 38.2 Å². The van der Waals surface area contributed by atoms with Gasteiger partial charge in [0, 0.05) is 25.0 Å². The molecule has 0 aromatic heterocycles. The number of likely N-dealkylation sites (tertiary alicyclic amines) is 1. The number of rotatable bonds is 2. The Kier molecular flexibility index (Phi) is 4.29. The van der Waals surface area contributed by atoms with Crippen LogP contribution in [-0.2, 0) is 11.2 Å². The van der Waals surface area contributed by atoms with Crippen molar-refractivity contribution in [2.75, 3.05) is 26.2 Å². The lowest BCUT2D eigenvalue weighted by Gasteiger charge is -2.45. The van der Waals surface area contributed by atoms with Gasteiger partial charge in [0.1, 0.15) is 0 Å². The van der Waals surface area contributed by atoms with Gasteiger partial charge in [0.25, 0.3) is 0 Å². The number of piperidine rings is 2. The van der Waals surface area contributed by atoms with Crippen LogP contribution >= 0.6 is 0 Å². The molecule has 3 heteroatoms. The number of benzene rings is 1. The average Bonchev–Trinajstić information content (AvgIpc) is 2.48. The Morgan fingerprint density at radius 2 is 2.19 bits per heavy atom. The summed E-state index contributed by atoms with van der Waals surface area (Å²) in [4.78, 5) is 14.7. The van der Waals surface area contributed by atoms with Gasteiger partial charge < -0.3 is 10.2 Å². The molecule has 0 aliphatic carbocycles. The molecule has 1 amide bonds. The Morgan fingerprint density at radius 3 is 2.95 bits per heavy atom. The summed E-state index contributed by atoms with van der Waals surface area (Å²) < 4.78 is 0. The summed E-state index contributed by atoms with van der Waals surface area (Å²) in [5.41, 5.74) is 2.71. The minimum absolute atomic E-state index is 0.297. The summed E-state index contributed by atoms with van der Waals surface area (Å²) in [5, 5.41) is 3.52. The molecule has 21 heavy (non-hydrogen) atoms. The molecule has 3 rings (SSSR count). The van der Waals surface area contributed by atoms with E-state index in [2.05, 4.69) is 35.3 Å². The van der Waals surface area contributed by atoms with Crippen LogP contribution in [0.3, 0.4) is 0 Å². The zero-order valence-electron chi connectivity index (χ0n) is 13.0. The monoisotopic (exact) mass is 286 g/mol. The SMILES string of the molecule is Cc1cccc(CC(=O)N2CCCC3(CCCNC3)C2)c1. The third kappa shape index (κ3) is 3.46. The van der Waals surface area contributed by atoms with Crippen LogP contribution in [0.25, 0.3) is 0 Å². The molecule has 2 aliphatic heterocycles. The van der Waals surface area contributed by atoms with Crippen LogP contribution in [0.5, 0.6) is 0 Å². The first-order valence-electron chi connectivity index (χ1n) is 8.21. The van der Waals surface area contributed by atoms with E-state index in [1.54, 1.807) is 0 Å². The van der Waals surface area contributed by atoms with Crippen LogP contribution < -0.4 is 5.32 Å². The first-order valence-corrected chi connectivity index (χ1v) is 8.21. The van der Waals surface area contributed by atoms with E-state index >= 15 is 0 Å². The Labute approximate surface area is 127 Å². The number of hydrogen-bond donors (Lipinski definition) is 1. The fraction of sp³-hybridized carbons (Fsp3) is 0.611. The quantitative estimate of drug-likeness (QED) is 0.906. The van der Waals surface area contributed by atoms with Crippen molar-refractivity contribution in [1.29, 1.82) is 0 Å². The highest BCUT2D eigenvalue weighted by Crippen LogP contribution is 2.36. The largest absolute Gasteiger partial charge is 0.342 e. The summed E-state index contributed by atoms with van der Waals surface area (Å²) in [5.74, 6) is 0.297. The van der Waals surface area contributed by atoms with E-state index < -0.39 is 0 Å². The molecule has 0 bridgehead atoms. The molecule has 114 valence electrons. The van der Waals surface area contributed by atoms with Crippen molar-refractivity contribution in [3.63, 3.8) is 0 Å². The first kappa shape index (κ1) is 14.6. The first-order chi connectivity index (χ1) is 10.2. The second-order valence-electron chi connectivity index (χ2n) is 6.87. The third-order valence-electron chi connectivity index (χ3n) is 5.01. The van der Waals surface area contributed by atoms with Gasteiger partial charge in [-0.05, 0) is 44.7 Å². The van der Waals surface area contributed by atoms with Crippen molar-refractivity contribution < 1.29 is 4.79 Å². The van der Waals surface area contributed by atoms with Crippen molar-refractivity contribution in [3.05, 3.63) is 35.4 Å². The smallest absolute Gasteiger partial charge is 0.227 e. The third-order valence-corrected chi connectivity index (χ3v) is 5.01. The molecule has 1 N–H and O–H groups in total. The van der Waals surface area contributed by atoms with Crippen molar-refractivity contribution in [1.82, 2.24) is 10.2 Å². The summed E-state index contributed by atoms with van der Waals surface area (Å²) in [6.45, 7) is 6.19. The zero-order valence-corrected chi connectivity index (χ0v) is 13.0. The average molecular weight is 286 g/mol. The molecule has 1 unspecified atom stereocenters. The number of aryl methyl sites for hydroxylation is 1. The molecular weight excluding hydrogens is 260 g/mol. The fourth-order valence-electron chi connectivity index (χ4n) is 3.91. The minimum atomic E-state index is 0.297. The number of hydrogen-bond acceptors (Lipinski definition) is 2. The highest BCUT2D eigenvalue weighted by Gasteiger charge is 2.37. The van der Waals surface area contributed by atoms with Gasteiger partial charge in [0.2, 0.25) is 5.91 Å². The molecule has 1 aromatic carbocycles. The second-order valence-corrected chi connectivity index (χ2v) is 6.87. The lowest BCUT2D eigenvalue weighted by molar-refractivity contribution is -0.134. The van der Waals surface area contributed by atoms with Gasteiger partial charge in [-0.1, -0.05) is 29.8 Å². The van der Waals surface area contributed by atoms with Gasteiger partial charge in [-0.15, -0.1) is 0 Å². The maximum absolute atomic E-state index is 12.6. The Balaban J connectivity index is 1.64. The van der Waals surface area contributed by atoms with Crippen molar-refractivity contribution >= 4 is 5.91 Å². The van der Waals surface area contributed by atoms with Gasteiger partial charge in [-0.25, -0.2) is 0 Å². The van der Waals surface area contributed by atoms with E-state index in [4.69, 9.17) is 0 Å². The highest BCUT2D eigenvalue weighted by atomic mass is 16.2. The summed E-state index contributed by atoms with van der Waals surface area (Å²) in [6, 6.07) is 8.31. The molecule has 2 aliphatic rings. The maximum Gasteiger partial charge on any atom is 0.227 e. The summed E-state index contributed by atoms with van der Waals surface area (Å²) in [6.07, 6.45) is 5.49. The van der Waals surface area contributed by atoms with Gasteiger partial charge in [0.15, 0.2) is 0 Å². The summed E-state index contributed by atoms with van der Waals surface area (Å²) >= 11 is 0. The Hall–Kier alpha value is -1.35. The van der Waals surface area contributed by atoms with E-state index in [9.17, 15) is 4.79 Å². The molecule has 1 aromatic rings. The number of amides is 1. The molecule has 0 radical (unpaired) electrons. The summed E-state index contributed by atoms with van der Waals surface area (Å²) in [7, 11) is 0. The van der Waals surface area contributed by atoms with Crippen LogP contribution in [0.1, 0.15) is 36.8 Å². The van der Waals surface area contributed by atoms with E-state index in [0.29, 0.717) is 17.7 Å². The van der Waals surface area contributed by atoms with Crippen molar-refractivity contribution in [3.8, 4) is 0 Å². The molecule has 2 saturated heterocycles. The van der Waals surface area contributed by atoms with Gasteiger partial charge in [0.05, 0.1) is 6.42 Å². The maximum atomic E-state index is 12.6. The topological polar surface area (TPSA) is 32.3 Å². The lowest BCUT2D eigenvalue weighted by atomic mass is 9.74. The Morgan fingerprint density at radius 1 is 1.33 bits per heavy atom. The lowest BCUT2D eigenvalue weighted by Crippen LogP contribution is -2.52. The molecular formula is C18H26N2O. The molecule has 0 saturated carbocycles. The van der Waals surface area contributed by atoms with Crippen LogP contribution in [0.2, 0.25) is 0 Å². The van der Waals surface area contributed by atoms with Crippen molar-refractivity contribution in [2.45, 2.75) is 39.0 Å². The van der Waals surface area contributed by atoms with E-state index in [1.807, 2.05) is 6.07 Å². The predicted octanol–water partition coefficient (Wildman–Crippen LogP) is 2.53. The van der Waals surface area contributed by atoms with Crippen molar-refractivity contribution in [2.24, 2.45) is 5.41 Å². The predicted molar refractivity (Wildman–Crippen MR) is 85.2 cm³/mol. The Bertz CT molecular complexity index is 500. The normalized spacial score (nSPS) is 26.0. The number of nitrogens with zero attached hydrogens (tertiary/aromatic N) is 1. The van der Waals surface area contributed by atoms with Crippen LogP contribution in [0, 0.1) is 12.3 Å². The van der Waals surface area contributed by atoms with Gasteiger partial charge in [-0.3, -0.25) is 4.79 Å². The van der Waals surface area contributed by atoms with Gasteiger partial charge in [-0.2, -0.15) is 0 Å². The molecule has 2 fully saturated rings. The fourth-order valence-corrected chi connectivity index (χ4v) is 3.91. The molecule has 1 spiro atoms. The van der Waals surface area contributed by atoms with Crippen LogP contribution in [-0.4, -0.2) is 37.0 Å². The molecule has 1 atom stereocenters. The standard InChI is InChI=1S/C18H26N2O/c1-15-5-2-6-16(11-15)12-17(21)20-10-4-8-18(14-20)7-3-9-19-13-18/h2,5-6,11,19H,3-4,7-10,12-14H2,1H3. The molecule has 3 nitrogen and oxygen atoms in total. The van der Waals surface area contributed by atoms with Crippen LogP contribution in [0.15, 0.2) is 24.3 Å². The minimum Gasteiger partial charge on any atom is -0.342 e. The van der Waals surface area contributed by atoms with Gasteiger partial charge >= 0.3 is 0 Å². The van der Waals surface area contributed by atoms with E-state index in [1.165, 1.54) is 24.8 Å². The highest BCUT2D eigenvalue weighted by molar-refractivity contribution is 5.79. The molecule has 2 heterocycles. The number of carbonyl (C=O) groups is 1. The number of nitrogens with one attached hydrogen (secondary N) is 1. The second kappa shape index (κ2) is 6.18. The van der Waals surface area contributed by atoms with E-state index in [-0.39, 0.29) is 0 Å². The zero-order chi connectivity index (χ0) is 14.7. The number of carbonyl (C=O) groups excluding carboxylic acids is 1.